The monoisotopic (exact) mass is 724 g/mol. The van der Waals surface area contributed by atoms with Gasteiger partial charge < -0.3 is 40.3 Å². The largest absolute Gasteiger partial charge is 0.492 e. The fourth-order valence-corrected chi connectivity index (χ4v) is 6.29. The Hall–Kier alpha value is -5.73. The van der Waals surface area contributed by atoms with Crippen LogP contribution in [0.4, 0.5) is 0 Å². The molecule has 0 saturated carbocycles. The first-order chi connectivity index (χ1) is 25.7. The lowest BCUT2D eigenvalue weighted by Crippen LogP contribution is -2.62. The summed E-state index contributed by atoms with van der Waals surface area (Å²) in [6, 6.07) is 22.2. The number of ether oxygens (including phenoxy) is 2. The van der Waals surface area contributed by atoms with Crippen LogP contribution in [0, 0.1) is 0 Å². The number of aliphatic hydroxyl groups excluding tert-OH is 1. The number of hydrogen-bond donors (Lipinski definition) is 5. The van der Waals surface area contributed by atoms with E-state index in [4.69, 9.17) is 13.9 Å². The fourth-order valence-electron chi connectivity index (χ4n) is 6.29. The lowest BCUT2D eigenvalue weighted by atomic mass is 9.89. The van der Waals surface area contributed by atoms with E-state index in [1.807, 2.05) is 60.7 Å². The van der Waals surface area contributed by atoms with E-state index in [0.717, 1.165) is 16.8 Å². The van der Waals surface area contributed by atoms with Gasteiger partial charge in [-0.15, -0.1) is 0 Å². The maximum absolute atomic E-state index is 14.5. The van der Waals surface area contributed by atoms with Gasteiger partial charge in [-0.25, -0.2) is 4.98 Å². The highest BCUT2D eigenvalue weighted by Crippen LogP contribution is 2.32. The molecule has 1 saturated heterocycles. The van der Waals surface area contributed by atoms with Crippen molar-refractivity contribution in [1.29, 1.82) is 0 Å². The first-order valence-electron chi connectivity index (χ1n) is 17.7. The Balaban J connectivity index is 1.25. The molecule has 0 radical (unpaired) electrons. The molecule has 278 valence electrons. The minimum Gasteiger partial charge on any atom is -0.492 e. The minimum absolute atomic E-state index is 0.0984. The number of fused-ring (bicyclic) bond motifs is 15. The topological polar surface area (TPSA) is 184 Å². The lowest BCUT2D eigenvalue weighted by Gasteiger charge is -2.41. The fraction of sp³-hybridized carbons (Fsp3) is 0.359. The number of benzene rings is 3. The number of hydrogen-bond acceptors (Lipinski definition) is 10. The highest BCUT2D eigenvalue weighted by molar-refractivity contribution is 5.95. The van der Waals surface area contributed by atoms with Gasteiger partial charge in [0.05, 0.1) is 18.8 Å². The summed E-state index contributed by atoms with van der Waals surface area (Å²) in [5, 5.41) is 20.8. The van der Waals surface area contributed by atoms with Crippen LogP contribution in [-0.2, 0) is 32.1 Å². The summed E-state index contributed by atoms with van der Waals surface area (Å²) in [5.41, 5.74) is 1.04. The van der Waals surface area contributed by atoms with Crippen molar-refractivity contribution in [3.05, 3.63) is 102 Å². The van der Waals surface area contributed by atoms with Crippen LogP contribution in [0.2, 0.25) is 0 Å². The van der Waals surface area contributed by atoms with Gasteiger partial charge in [-0.2, -0.15) is 0 Å². The lowest BCUT2D eigenvalue weighted by molar-refractivity contribution is -0.144. The van der Waals surface area contributed by atoms with E-state index in [2.05, 4.69) is 31.2 Å². The highest BCUT2D eigenvalue weighted by atomic mass is 16.5. The molecule has 14 heteroatoms. The van der Waals surface area contributed by atoms with Crippen molar-refractivity contribution in [2.75, 3.05) is 32.8 Å². The van der Waals surface area contributed by atoms with E-state index < -0.39 is 54.0 Å². The number of likely N-dealkylation sites (tertiary alicyclic amines) is 1. The Bertz CT molecular complexity index is 1840. The van der Waals surface area contributed by atoms with E-state index in [1.54, 1.807) is 30.5 Å². The highest BCUT2D eigenvalue weighted by Gasteiger charge is 2.45. The van der Waals surface area contributed by atoms with Gasteiger partial charge in [-0.1, -0.05) is 48.5 Å². The molecule has 14 nitrogen and oxygen atoms in total. The standard InChI is InChI=1S/C39H44N6O8/c1-26-34(47)40-18-21-51-30-12-14-31(15-13-30)53-39(16-19-45(20-17-39)23-29-25-52-37(42-29)28-10-6-3-7-11-28)38(50)44-32(22-27-8-4-2-5-9-27)35(48)43-33(24-46)36(49)41-26/h2-15,25-26,32-33,46H,16-24H2,1H3,(H,40,47)(H,41,49)(H,43,48)(H,44,50)/t26-,32+,33-/m0/s1. The normalized spacial score (nSPS) is 21.7. The molecule has 3 aromatic carbocycles. The zero-order valence-electron chi connectivity index (χ0n) is 29.5. The predicted molar refractivity (Wildman–Crippen MR) is 193 cm³/mol. The Kier molecular flexibility index (Phi) is 12.0. The molecule has 4 aromatic rings. The molecule has 5 N–H and O–H groups in total. The maximum Gasteiger partial charge on any atom is 0.264 e. The molecule has 2 bridgehead atoms. The van der Waals surface area contributed by atoms with Crippen LogP contribution in [0.3, 0.4) is 0 Å². The number of rotatable bonds is 6. The summed E-state index contributed by atoms with van der Waals surface area (Å²) in [4.78, 5) is 60.9. The number of oxazole rings is 1. The average molecular weight is 725 g/mol. The average Bonchev–Trinajstić information content (AvgIpc) is 3.65. The molecule has 1 spiro atoms. The van der Waals surface area contributed by atoms with Crippen LogP contribution in [0.5, 0.6) is 11.5 Å². The SMILES string of the molecule is C[C@@H]1NC(=O)[C@H](CO)NC(=O)[C@@H](Cc2ccccc2)NC(=O)C2(CCN(Cc3coc(-c4ccccc4)n3)CC2)Oc2ccc(cc2)OCCNC1=O. The molecule has 53 heavy (non-hydrogen) atoms. The third-order valence-corrected chi connectivity index (χ3v) is 9.31. The first kappa shape index (κ1) is 37.0. The van der Waals surface area contributed by atoms with Gasteiger partial charge in [0, 0.05) is 44.5 Å². The molecule has 3 aliphatic heterocycles. The smallest absolute Gasteiger partial charge is 0.264 e. The Morgan fingerprint density at radius 2 is 1.47 bits per heavy atom. The van der Waals surface area contributed by atoms with Crippen molar-refractivity contribution in [3.63, 3.8) is 0 Å². The number of piperidine rings is 1. The molecule has 3 aliphatic rings. The first-order valence-corrected chi connectivity index (χ1v) is 17.7. The zero-order chi connectivity index (χ0) is 37.2. The van der Waals surface area contributed by atoms with Gasteiger partial charge in [0.2, 0.25) is 23.6 Å². The molecule has 0 aliphatic carbocycles. The second-order valence-corrected chi connectivity index (χ2v) is 13.2. The summed E-state index contributed by atoms with van der Waals surface area (Å²) in [6.07, 6.45) is 2.32. The number of carbonyl (C=O) groups excluding carboxylic acids is 4. The number of carbonyl (C=O) groups is 4. The molecule has 1 aromatic heterocycles. The van der Waals surface area contributed by atoms with Crippen LogP contribution in [0.25, 0.3) is 11.5 Å². The summed E-state index contributed by atoms with van der Waals surface area (Å²) in [7, 11) is 0. The summed E-state index contributed by atoms with van der Waals surface area (Å²) >= 11 is 0. The molecule has 3 atom stereocenters. The van der Waals surface area contributed by atoms with E-state index in [-0.39, 0.29) is 19.6 Å². The molecule has 1 fully saturated rings. The number of aliphatic hydroxyl groups is 1. The maximum atomic E-state index is 14.5. The molecule has 4 amide bonds. The van der Waals surface area contributed by atoms with E-state index in [0.29, 0.717) is 49.9 Å². The van der Waals surface area contributed by atoms with E-state index in [9.17, 15) is 24.3 Å². The zero-order valence-corrected chi connectivity index (χ0v) is 29.5. The molecule has 4 heterocycles. The van der Waals surface area contributed by atoms with Crippen molar-refractivity contribution >= 4 is 23.6 Å². The number of amides is 4. The number of nitrogens with one attached hydrogen (secondary N) is 4. The van der Waals surface area contributed by atoms with Crippen LogP contribution in [0.1, 0.15) is 31.0 Å². The van der Waals surface area contributed by atoms with Gasteiger partial charge in [0.25, 0.3) is 5.91 Å². The third-order valence-electron chi connectivity index (χ3n) is 9.31. The Labute approximate surface area is 307 Å². The van der Waals surface area contributed by atoms with Gasteiger partial charge in [0.1, 0.15) is 42.5 Å². The van der Waals surface area contributed by atoms with E-state index >= 15 is 0 Å². The van der Waals surface area contributed by atoms with Crippen molar-refractivity contribution in [2.45, 2.75) is 56.5 Å². The molecule has 7 rings (SSSR count). The van der Waals surface area contributed by atoms with Crippen LogP contribution < -0.4 is 30.7 Å². The van der Waals surface area contributed by atoms with E-state index in [1.165, 1.54) is 6.92 Å². The quantitative estimate of drug-likeness (QED) is 0.184. The third kappa shape index (κ3) is 9.58. The second-order valence-electron chi connectivity index (χ2n) is 13.2. The number of aromatic nitrogens is 1. The van der Waals surface area contributed by atoms with Crippen molar-refractivity contribution in [3.8, 4) is 23.0 Å². The minimum atomic E-state index is -1.38. The summed E-state index contributed by atoms with van der Waals surface area (Å²) in [5.74, 6) is -0.906. The van der Waals surface area contributed by atoms with Gasteiger partial charge in [0.15, 0.2) is 5.60 Å². The molecule has 0 unspecified atom stereocenters. The van der Waals surface area contributed by atoms with Crippen LogP contribution in [0.15, 0.2) is 95.6 Å². The van der Waals surface area contributed by atoms with Crippen molar-refractivity contribution in [2.24, 2.45) is 0 Å². The summed E-state index contributed by atoms with van der Waals surface area (Å²) < 4.78 is 18.1. The predicted octanol–water partition coefficient (Wildman–Crippen LogP) is 1.97. The van der Waals surface area contributed by atoms with Crippen molar-refractivity contribution in [1.82, 2.24) is 31.2 Å². The Morgan fingerprint density at radius 3 is 2.17 bits per heavy atom. The molecular formula is C39H44N6O8. The summed E-state index contributed by atoms with van der Waals surface area (Å²) in [6.45, 7) is 2.55. The van der Waals surface area contributed by atoms with Gasteiger partial charge in [-0.3, -0.25) is 24.1 Å². The van der Waals surface area contributed by atoms with Gasteiger partial charge >= 0.3 is 0 Å². The second kappa shape index (κ2) is 17.2. The van der Waals surface area contributed by atoms with Crippen LogP contribution in [-0.4, -0.2) is 95.2 Å². The molecular weight excluding hydrogens is 680 g/mol. The van der Waals surface area contributed by atoms with Crippen LogP contribution >= 0.6 is 0 Å². The van der Waals surface area contributed by atoms with Crippen molar-refractivity contribution < 1.29 is 38.2 Å². The van der Waals surface area contributed by atoms with Gasteiger partial charge in [-0.05, 0) is 48.9 Å². The Morgan fingerprint density at radius 1 is 0.811 bits per heavy atom. The number of nitrogens with zero attached hydrogens (tertiary/aromatic N) is 2.